The number of aliphatic hydroxyl groups is 1. The Morgan fingerprint density at radius 1 is 1.18 bits per heavy atom. The number of benzene rings is 1. The van der Waals surface area contributed by atoms with Crippen LogP contribution in [0.25, 0.3) is 0 Å². The zero-order chi connectivity index (χ0) is 11.9. The Morgan fingerprint density at radius 3 is 2.76 bits per heavy atom. The number of ether oxygens (including phenoxy) is 1. The Hall–Kier alpha value is -1.02. The highest BCUT2D eigenvalue weighted by atomic mass is 16.5. The van der Waals surface area contributed by atoms with Gasteiger partial charge in [0.2, 0.25) is 0 Å². The first-order chi connectivity index (χ1) is 8.38. The Kier molecular flexibility index (Phi) is 4.87. The molecule has 17 heavy (non-hydrogen) atoms. The molecular weight excluding hydrogens is 212 g/mol. The fourth-order valence-electron chi connectivity index (χ4n) is 2.43. The third-order valence-corrected chi connectivity index (χ3v) is 3.38. The van der Waals surface area contributed by atoms with Gasteiger partial charge >= 0.3 is 0 Å². The van der Waals surface area contributed by atoms with Gasteiger partial charge in [-0.15, -0.1) is 0 Å². The molecule has 1 saturated carbocycles. The van der Waals surface area contributed by atoms with E-state index < -0.39 is 0 Å². The minimum absolute atomic E-state index is 0.258. The van der Waals surface area contributed by atoms with Gasteiger partial charge in [0, 0.05) is 6.61 Å². The van der Waals surface area contributed by atoms with E-state index in [0.717, 1.165) is 18.6 Å². The summed E-state index contributed by atoms with van der Waals surface area (Å²) in [5.41, 5.74) is 1.26. The normalized spacial score (nSPS) is 17.0. The van der Waals surface area contributed by atoms with Gasteiger partial charge in [-0.2, -0.15) is 0 Å². The summed E-state index contributed by atoms with van der Waals surface area (Å²) < 4.78 is 6.01. The molecule has 0 radical (unpaired) electrons. The molecule has 1 aliphatic carbocycles. The van der Waals surface area contributed by atoms with Crippen molar-refractivity contribution in [2.24, 2.45) is 0 Å². The maximum Gasteiger partial charge on any atom is 0.119 e. The number of aliphatic hydroxyl groups excluding tert-OH is 1. The van der Waals surface area contributed by atoms with Crippen molar-refractivity contribution in [3.8, 4) is 5.75 Å². The van der Waals surface area contributed by atoms with Crippen LogP contribution in [0.1, 0.15) is 44.1 Å². The van der Waals surface area contributed by atoms with Crippen molar-refractivity contribution in [1.82, 2.24) is 0 Å². The highest BCUT2D eigenvalue weighted by Gasteiger charge is 2.14. The molecule has 0 amide bonds. The van der Waals surface area contributed by atoms with Crippen molar-refractivity contribution in [2.45, 2.75) is 51.0 Å². The maximum atomic E-state index is 8.83. The molecule has 2 nitrogen and oxygen atoms in total. The van der Waals surface area contributed by atoms with Crippen molar-refractivity contribution in [1.29, 1.82) is 0 Å². The van der Waals surface area contributed by atoms with Crippen LogP contribution in [-0.2, 0) is 6.42 Å². The molecule has 0 aromatic heterocycles. The van der Waals surface area contributed by atoms with E-state index in [0.29, 0.717) is 6.10 Å². The molecule has 1 aliphatic rings. The van der Waals surface area contributed by atoms with E-state index in [1.54, 1.807) is 0 Å². The lowest BCUT2D eigenvalue weighted by Crippen LogP contribution is -2.19. The van der Waals surface area contributed by atoms with Crippen molar-refractivity contribution in [3.63, 3.8) is 0 Å². The summed E-state index contributed by atoms with van der Waals surface area (Å²) in [6, 6.07) is 8.30. The van der Waals surface area contributed by atoms with Crippen LogP contribution in [0.5, 0.6) is 5.75 Å². The van der Waals surface area contributed by atoms with Crippen molar-refractivity contribution >= 4 is 0 Å². The maximum absolute atomic E-state index is 8.83. The summed E-state index contributed by atoms with van der Waals surface area (Å²) in [7, 11) is 0. The van der Waals surface area contributed by atoms with Crippen LogP contribution in [0.2, 0.25) is 0 Å². The summed E-state index contributed by atoms with van der Waals surface area (Å²) in [4.78, 5) is 0. The number of hydrogen-bond donors (Lipinski definition) is 1. The molecule has 0 unspecified atom stereocenters. The third-order valence-electron chi connectivity index (χ3n) is 3.38. The van der Waals surface area contributed by atoms with Gasteiger partial charge in [0.25, 0.3) is 0 Å². The number of aryl methyl sites for hydroxylation is 1. The van der Waals surface area contributed by atoms with Crippen LogP contribution in [0.3, 0.4) is 0 Å². The lowest BCUT2D eigenvalue weighted by molar-refractivity contribution is 0.155. The summed E-state index contributed by atoms with van der Waals surface area (Å²) in [5.74, 6) is 0.993. The first-order valence-corrected chi connectivity index (χ1v) is 6.75. The Labute approximate surface area is 104 Å². The second-order valence-electron chi connectivity index (χ2n) is 4.85. The summed E-state index contributed by atoms with van der Waals surface area (Å²) >= 11 is 0. The predicted octanol–water partition coefficient (Wildman–Crippen LogP) is 3.32. The Morgan fingerprint density at radius 2 is 2.00 bits per heavy atom. The average molecular weight is 234 g/mol. The second kappa shape index (κ2) is 6.65. The van der Waals surface area contributed by atoms with E-state index in [2.05, 4.69) is 12.1 Å². The molecule has 0 aliphatic heterocycles. The van der Waals surface area contributed by atoms with E-state index in [1.807, 2.05) is 12.1 Å². The molecule has 1 aromatic carbocycles. The largest absolute Gasteiger partial charge is 0.490 e. The zero-order valence-electron chi connectivity index (χ0n) is 10.4. The van der Waals surface area contributed by atoms with Crippen molar-refractivity contribution < 1.29 is 9.84 Å². The monoisotopic (exact) mass is 234 g/mol. The minimum Gasteiger partial charge on any atom is -0.490 e. The highest BCUT2D eigenvalue weighted by molar-refractivity contribution is 5.28. The van der Waals surface area contributed by atoms with Gasteiger partial charge < -0.3 is 9.84 Å². The van der Waals surface area contributed by atoms with E-state index in [1.165, 1.54) is 37.7 Å². The fourth-order valence-corrected chi connectivity index (χ4v) is 2.43. The summed E-state index contributed by atoms with van der Waals surface area (Å²) in [5, 5.41) is 8.83. The van der Waals surface area contributed by atoms with Crippen molar-refractivity contribution in [2.75, 3.05) is 6.61 Å². The predicted molar refractivity (Wildman–Crippen MR) is 69.3 cm³/mol. The third kappa shape index (κ3) is 4.04. The molecule has 2 rings (SSSR count). The second-order valence-corrected chi connectivity index (χ2v) is 4.85. The van der Waals surface area contributed by atoms with Crippen LogP contribution in [0.15, 0.2) is 24.3 Å². The number of rotatable bonds is 5. The van der Waals surface area contributed by atoms with Crippen LogP contribution in [-0.4, -0.2) is 17.8 Å². The van der Waals surface area contributed by atoms with Crippen LogP contribution >= 0.6 is 0 Å². The molecule has 0 atom stereocenters. The quantitative estimate of drug-likeness (QED) is 0.846. The molecule has 0 heterocycles. The molecule has 0 bridgehead atoms. The highest BCUT2D eigenvalue weighted by Crippen LogP contribution is 2.24. The molecule has 1 aromatic rings. The van der Waals surface area contributed by atoms with Gasteiger partial charge in [-0.05, 0) is 56.2 Å². The Bertz CT molecular complexity index is 329. The standard InChI is InChI=1S/C15H22O2/c16-11-5-7-13-6-4-10-15(12-13)17-14-8-2-1-3-9-14/h4,6,10,12,14,16H,1-3,5,7-9,11H2. The smallest absolute Gasteiger partial charge is 0.119 e. The van der Waals surface area contributed by atoms with E-state index >= 15 is 0 Å². The van der Waals surface area contributed by atoms with Gasteiger partial charge in [-0.25, -0.2) is 0 Å². The molecule has 0 saturated heterocycles. The summed E-state index contributed by atoms with van der Waals surface area (Å²) in [6.07, 6.45) is 8.52. The minimum atomic E-state index is 0.258. The van der Waals surface area contributed by atoms with Gasteiger partial charge in [-0.1, -0.05) is 18.6 Å². The molecule has 2 heteroatoms. The topological polar surface area (TPSA) is 29.5 Å². The van der Waals surface area contributed by atoms with Gasteiger partial charge in [0.1, 0.15) is 5.75 Å². The average Bonchev–Trinajstić information content (AvgIpc) is 2.38. The lowest BCUT2D eigenvalue weighted by atomic mass is 9.98. The van der Waals surface area contributed by atoms with Crippen LogP contribution < -0.4 is 4.74 Å². The molecule has 94 valence electrons. The van der Waals surface area contributed by atoms with Gasteiger partial charge in [0.05, 0.1) is 6.10 Å². The van der Waals surface area contributed by atoms with Crippen molar-refractivity contribution in [3.05, 3.63) is 29.8 Å². The molecule has 1 N–H and O–H groups in total. The zero-order valence-corrected chi connectivity index (χ0v) is 10.4. The van der Waals surface area contributed by atoms with E-state index in [4.69, 9.17) is 9.84 Å². The fraction of sp³-hybridized carbons (Fsp3) is 0.600. The van der Waals surface area contributed by atoms with Crippen LogP contribution in [0.4, 0.5) is 0 Å². The lowest BCUT2D eigenvalue weighted by Gasteiger charge is -2.23. The number of hydrogen-bond acceptors (Lipinski definition) is 2. The van der Waals surface area contributed by atoms with Gasteiger partial charge in [0.15, 0.2) is 0 Å². The molecule has 1 fully saturated rings. The van der Waals surface area contributed by atoms with E-state index in [9.17, 15) is 0 Å². The van der Waals surface area contributed by atoms with Gasteiger partial charge in [-0.3, -0.25) is 0 Å². The van der Waals surface area contributed by atoms with Crippen LogP contribution in [0, 0.1) is 0 Å². The van der Waals surface area contributed by atoms with E-state index in [-0.39, 0.29) is 6.61 Å². The Balaban J connectivity index is 1.90. The molecular formula is C15H22O2. The first-order valence-electron chi connectivity index (χ1n) is 6.75. The SMILES string of the molecule is OCCCc1cccc(OC2CCCCC2)c1. The summed E-state index contributed by atoms with van der Waals surface area (Å²) in [6.45, 7) is 0.258. The first kappa shape index (κ1) is 12.4. The molecule has 0 spiro atoms.